The average molecular weight is 1080 g/mol. The SMILES string of the molecule is CC(C)C(C)C.CC(C)C(C)OP(C)(=O)O.CC(C)CCC(=O)O.CC(C)CCS(C)(=O)=O.CC(C)CCc1ccccc1.CC(C)COP(C)(=O)O.CC(C)Cc1ccccc1.COC(=O)CCC(C)C. The molecule has 428 valence electrons. The Balaban J connectivity index is -0.000000174. The molecule has 0 aliphatic rings. The van der Waals surface area contributed by atoms with E-state index in [1.807, 2.05) is 55.4 Å². The summed E-state index contributed by atoms with van der Waals surface area (Å²) in [6.07, 6.45) is 8.17. The third-order valence-electron chi connectivity index (χ3n) is 9.78. The van der Waals surface area contributed by atoms with Gasteiger partial charge < -0.3 is 28.7 Å². The van der Waals surface area contributed by atoms with Crippen LogP contribution in [0.2, 0.25) is 0 Å². The van der Waals surface area contributed by atoms with E-state index in [9.17, 15) is 27.1 Å². The highest BCUT2D eigenvalue weighted by molar-refractivity contribution is 7.90. The van der Waals surface area contributed by atoms with Gasteiger partial charge in [0.1, 0.15) is 9.84 Å². The summed E-state index contributed by atoms with van der Waals surface area (Å²) in [4.78, 5) is 37.8. The van der Waals surface area contributed by atoms with Gasteiger partial charge in [0.05, 0.1) is 25.6 Å². The van der Waals surface area contributed by atoms with Gasteiger partial charge in [-0.3, -0.25) is 18.7 Å². The number of carboxylic acids is 1. The predicted octanol–water partition coefficient (Wildman–Crippen LogP) is 16.0. The van der Waals surface area contributed by atoms with Gasteiger partial charge in [0.15, 0.2) is 0 Å². The lowest BCUT2D eigenvalue weighted by Gasteiger charge is -2.17. The first-order chi connectivity index (χ1) is 32.7. The number of aliphatic carboxylic acids is 1. The van der Waals surface area contributed by atoms with Crippen molar-refractivity contribution in [1.82, 2.24) is 0 Å². The number of benzene rings is 2. The summed E-state index contributed by atoms with van der Waals surface area (Å²) in [5.41, 5.74) is 2.90. The molecule has 0 radical (unpaired) electrons. The Morgan fingerprint density at radius 1 is 0.542 bits per heavy atom. The van der Waals surface area contributed by atoms with Crippen molar-refractivity contribution < 1.29 is 55.8 Å². The second-order valence-corrected chi connectivity index (χ2v) is 27.9. The minimum absolute atomic E-state index is 0.108. The first-order valence-electron chi connectivity index (χ1n) is 26.1. The zero-order valence-corrected chi connectivity index (χ0v) is 52.5. The number of hydrogen-bond acceptors (Lipinski definition) is 9. The Labute approximate surface area is 444 Å². The second-order valence-electron chi connectivity index (χ2n) is 22.0. The minimum Gasteiger partial charge on any atom is -0.481 e. The quantitative estimate of drug-likeness (QED) is 0.0793. The zero-order chi connectivity index (χ0) is 57.8. The highest BCUT2D eigenvalue weighted by Crippen LogP contribution is 2.39. The van der Waals surface area contributed by atoms with E-state index >= 15 is 0 Å². The van der Waals surface area contributed by atoms with Gasteiger partial charge in [-0.1, -0.05) is 185 Å². The normalized spacial score (nSPS) is 12.9. The first-order valence-corrected chi connectivity index (χ1v) is 32.3. The number of ether oxygens (including phenoxy) is 1. The molecule has 3 unspecified atom stereocenters. The summed E-state index contributed by atoms with van der Waals surface area (Å²) in [7, 11) is -7.80. The summed E-state index contributed by atoms with van der Waals surface area (Å²) in [6.45, 7) is 42.5. The molecular weight excluding hydrogens is 971 g/mol. The topological polar surface area (TPSA) is 191 Å². The molecule has 15 heteroatoms. The Morgan fingerprint density at radius 2 is 0.931 bits per heavy atom. The molecule has 0 heterocycles. The molecule has 12 nitrogen and oxygen atoms in total. The molecule has 0 aliphatic heterocycles. The molecule has 0 saturated carbocycles. The number of rotatable bonds is 21. The van der Waals surface area contributed by atoms with Gasteiger partial charge in [0.25, 0.3) is 0 Å². The van der Waals surface area contributed by atoms with Crippen molar-refractivity contribution in [3.63, 3.8) is 0 Å². The number of aryl methyl sites for hydroxylation is 1. The summed E-state index contributed by atoms with van der Waals surface area (Å²) < 4.78 is 56.1. The van der Waals surface area contributed by atoms with Gasteiger partial charge in [-0.15, -0.1) is 0 Å². The number of carboxylic acid groups (broad SMARTS) is 1. The fraction of sp³-hybridized carbons (Fsp3) is 0.754. The van der Waals surface area contributed by atoms with Gasteiger partial charge in [-0.2, -0.15) is 0 Å². The third kappa shape index (κ3) is 84.4. The van der Waals surface area contributed by atoms with Crippen molar-refractivity contribution in [3.8, 4) is 0 Å². The van der Waals surface area contributed by atoms with Crippen LogP contribution in [0.15, 0.2) is 60.7 Å². The van der Waals surface area contributed by atoms with Crippen LogP contribution in [-0.2, 0) is 55.2 Å². The van der Waals surface area contributed by atoms with Crippen LogP contribution in [0.4, 0.5) is 0 Å². The number of carbonyl (C=O) groups excluding carboxylic acids is 1. The molecule has 3 N–H and O–H groups in total. The lowest BCUT2D eigenvalue weighted by molar-refractivity contribution is -0.141. The molecular formula is C57H112O12P2S. The minimum atomic E-state index is -3.28. The van der Waals surface area contributed by atoms with Gasteiger partial charge in [0, 0.05) is 32.4 Å². The number of methoxy groups -OCH3 is 1. The molecule has 2 aromatic carbocycles. The van der Waals surface area contributed by atoms with Crippen LogP contribution in [0.1, 0.15) is 181 Å². The molecule has 0 amide bonds. The van der Waals surface area contributed by atoms with Crippen molar-refractivity contribution in [1.29, 1.82) is 0 Å². The Kier molecular flexibility index (Phi) is 54.3. The Morgan fingerprint density at radius 3 is 1.15 bits per heavy atom. The van der Waals surface area contributed by atoms with Gasteiger partial charge in [-0.25, -0.2) is 8.42 Å². The van der Waals surface area contributed by atoms with E-state index in [0.29, 0.717) is 48.9 Å². The van der Waals surface area contributed by atoms with E-state index in [1.54, 1.807) is 6.92 Å². The molecule has 0 bridgehead atoms. The second kappa shape index (κ2) is 48.3. The number of sulfone groups is 1. The van der Waals surface area contributed by atoms with E-state index in [4.69, 9.17) is 19.4 Å². The molecule has 2 aromatic rings. The monoisotopic (exact) mass is 1080 g/mol. The van der Waals surface area contributed by atoms with E-state index in [-0.39, 0.29) is 18.0 Å². The first kappa shape index (κ1) is 81.0. The molecule has 72 heavy (non-hydrogen) atoms. The van der Waals surface area contributed by atoms with Gasteiger partial charge in [0.2, 0.25) is 0 Å². The van der Waals surface area contributed by atoms with Crippen LogP contribution in [0, 0.1) is 53.3 Å². The maximum absolute atomic E-state index is 10.7. The van der Waals surface area contributed by atoms with Crippen molar-refractivity contribution in [2.24, 2.45) is 53.3 Å². The number of carbonyl (C=O) groups is 2. The summed E-state index contributed by atoms with van der Waals surface area (Å²) in [5.74, 6) is 4.97. The molecule has 3 atom stereocenters. The van der Waals surface area contributed by atoms with Crippen LogP contribution in [-0.4, -0.2) is 80.4 Å². The van der Waals surface area contributed by atoms with E-state index in [0.717, 1.165) is 42.9 Å². The fourth-order valence-electron chi connectivity index (χ4n) is 4.27. The largest absolute Gasteiger partial charge is 0.481 e. The lowest BCUT2D eigenvalue weighted by atomic mass is 10.0. The standard InChI is InChI=1S/C11H16.C10H14.C7H14O2.C6H15O3P.C6H14O2S.C6H12O2.C6H14.C5H13O3P/c1-10(2)8-9-11-6-4-3-5-7-11;1-9(2)8-10-6-4-3-5-7-10;1-6(2)4-5-7(8)9-3;1-5(2)6(3)9-10(4,7)8;1-6(2)4-5-9(3,7)8;1-5(2)3-4-6(7)8;1-5(2)6(3)4;1-5(2)4-8-9(3,6)7/h3-7,10H,8-9H2,1-2H3;3-7,9H,8H2,1-2H3;6H,4-5H2,1-3H3;5-6H,1-4H3,(H,7,8);6H,4-5H2,1-3H3;5H,3-4H2,1-2H3,(H,7,8);5-6H,1-4H3;5H,4H2,1-3H3,(H,6,7). The molecule has 0 saturated heterocycles. The maximum Gasteiger partial charge on any atom is 0.325 e. The fourth-order valence-corrected chi connectivity index (χ4v) is 6.61. The van der Waals surface area contributed by atoms with E-state index in [1.165, 1.54) is 57.1 Å². The lowest BCUT2D eigenvalue weighted by Crippen LogP contribution is -2.13. The van der Waals surface area contributed by atoms with Crippen LogP contribution in [0.25, 0.3) is 0 Å². The van der Waals surface area contributed by atoms with E-state index in [2.05, 4.69) is 139 Å². The van der Waals surface area contributed by atoms with Crippen molar-refractivity contribution in [2.45, 2.75) is 189 Å². The smallest absolute Gasteiger partial charge is 0.325 e. The molecule has 0 fully saturated rings. The van der Waals surface area contributed by atoms with Crippen LogP contribution >= 0.6 is 15.2 Å². The van der Waals surface area contributed by atoms with Crippen molar-refractivity contribution in [2.75, 3.05) is 39.1 Å². The van der Waals surface area contributed by atoms with Crippen molar-refractivity contribution >= 4 is 37.0 Å². The number of hydrogen-bond donors (Lipinski definition) is 3. The average Bonchev–Trinajstić information content (AvgIpc) is 3.23. The van der Waals surface area contributed by atoms with Gasteiger partial charge >= 0.3 is 27.1 Å². The van der Waals surface area contributed by atoms with E-state index < -0.39 is 31.0 Å². The summed E-state index contributed by atoms with van der Waals surface area (Å²) in [6, 6.07) is 21.3. The van der Waals surface area contributed by atoms with Crippen LogP contribution in [0.5, 0.6) is 0 Å². The van der Waals surface area contributed by atoms with Crippen LogP contribution < -0.4 is 0 Å². The third-order valence-corrected chi connectivity index (χ3v) is 12.1. The highest BCUT2D eigenvalue weighted by Gasteiger charge is 2.17. The van der Waals surface area contributed by atoms with Gasteiger partial charge in [-0.05, 0) is 110 Å². The Hall–Kier alpha value is -2.37. The number of esters is 1. The zero-order valence-electron chi connectivity index (χ0n) is 49.9. The Bertz CT molecular complexity index is 1710. The predicted molar refractivity (Wildman–Crippen MR) is 309 cm³/mol. The summed E-state index contributed by atoms with van der Waals surface area (Å²) >= 11 is 0. The molecule has 2 rings (SSSR count). The highest BCUT2D eigenvalue weighted by atomic mass is 32.2. The maximum atomic E-state index is 10.7. The van der Waals surface area contributed by atoms with Crippen LogP contribution in [0.3, 0.4) is 0 Å². The molecule has 0 spiro atoms. The van der Waals surface area contributed by atoms with Crippen molar-refractivity contribution in [3.05, 3.63) is 71.8 Å². The summed E-state index contributed by atoms with van der Waals surface area (Å²) in [5, 5.41) is 8.16. The molecule has 0 aliphatic carbocycles. The molecule has 0 aromatic heterocycles.